The molecule has 0 aromatic rings. The van der Waals surface area contributed by atoms with Crippen molar-refractivity contribution in [2.75, 3.05) is 39.6 Å². The van der Waals surface area contributed by atoms with Crippen LogP contribution in [0.15, 0.2) is 0 Å². The maximum Gasteiger partial charge on any atom is 0.472 e. The van der Waals surface area contributed by atoms with Crippen LogP contribution in [0.3, 0.4) is 0 Å². The summed E-state index contributed by atoms with van der Waals surface area (Å²) < 4.78 is 68.5. The standard InChI is InChI=1S/C76H148O17P2/c1-9-68(7)54-46-38-30-24-19-21-27-33-43-51-59-76(81)92-71(62-86-73(78)56-48-40-31-25-17-15-13-11-12-14-16-22-28-36-44-52-66(3)4)64-90-94(82,83)88-60-70(77)61-89-95(84,85)91-65-72(63-87-74(79)57-49-41-35-34-39-47-55-69(8)10-2)93-75(80)58-50-42-32-26-20-18-23-29-37-45-53-67(5)6/h66-72,77H,9-65H2,1-8H3,(H,82,83)(H,84,85)/t68?,69?,70-,71-,72-/m1/s1. The van der Waals surface area contributed by atoms with Crippen LogP contribution in [0.5, 0.6) is 0 Å². The second-order valence-electron chi connectivity index (χ2n) is 28.8. The van der Waals surface area contributed by atoms with Crippen LogP contribution in [-0.2, 0) is 65.4 Å². The average Bonchev–Trinajstić information content (AvgIpc) is 3.50. The van der Waals surface area contributed by atoms with Crippen LogP contribution in [0, 0.1) is 23.7 Å². The first kappa shape index (κ1) is 93.1. The predicted octanol–water partition coefficient (Wildman–Crippen LogP) is 22.0. The quantitative estimate of drug-likeness (QED) is 0.0222. The Hall–Kier alpha value is -1.94. The Morgan fingerprint density at radius 2 is 0.505 bits per heavy atom. The molecule has 0 aliphatic heterocycles. The normalized spacial score (nSPS) is 14.7. The van der Waals surface area contributed by atoms with Gasteiger partial charge in [0.1, 0.15) is 19.3 Å². The Labute approximate surface area is 581 Å². The van der Waals surface area contributed by atoms with Crippen molar-refractivity contribution >= 4 is 39.5 Å². The fraction of sp³-hybridized carbons (Fsp3) is 0.947. The van der Waals surface area contributed by atoms with Gasteiger partial charge in [0.05, 0.1) is 26.4 Å². The van der Waals surface area contributed by atoms with Gasteiger partial charge in [-0.3, -0.25) is 37.3 Å². The fourth-order valence-corrected chi connectivity index (χ4v) is 13.1. The third kappa shape index (κ3) is 67.6. The lowest BCUT2D eigenvalue weighted by molar-refractivity contribution is -0.161. The van der Waals surface area contributed by atoms with Gasteiger partial charge in [-0.1, -0.05) is 331 Å². The first-order chi connectivity index (χ1) is 45.7. The Morgan fingerprint density at radius 3 is 0.747 bits per heavy atom. The van der Waals surface area contributed by atoms with E-state index in [0.717, 1.165) is 120 Å². The number of hydrogen-bond acceptors (Lipinski definition) is 15. The van der Waals surface area contributed by atoms with Crippen molar-refractivity contribution < 1.29 is 80.2 Å². The van der Waals surface area contributed by atoms with E-state index in [1.54, 1.807) is 0 Å². The number of phosphoric acid groups is 2. The Balaban J connectivity index is 5.25. The minimum absolute atomic E-state index is 0.105. The number of aliphatic hydroxyl groups excluding tert-OH is 1. The van der Waals surface area contributed by atoms with E-state index in [4.69, 9.17) is 37.0 Å². The van der Waals surface area contributed by atoms with Crippen molar-refractivity contribution in [3.63, 3.8) is 0 Å². The summed E-state index contributed by atoms with van der Waals surface area (Å²) >= 11 is 0. The Kier molecular flexibility index (Phi) is 64.0. The third-order valence-electron chi connectivity index (χ3n) is 18.3. The van der Waals surface area contributed by atoms with Crippen LogP contribution in [0.25, 0.3) is 0 Å². The second-order valence-corrected chi connectivity index (χ2v) is 31.7. The molecule has 564 valence electrons. The van der Waals surface area contributed by atoms with Gasteiger partial charge in [-0.15, -0.1) is 0 Å². The van der Waals surface area contributed by atoms with E-state index < -0.39 is 97.5 Å². The highest BCUT2D eigenvalue weighted by atomic mass is 31.2. The maximum absolute atomic E-state index is 13.1. The SMILES string of the molecule is CCC(C)CCCCCCCCCCCCC(=O)O[C@H](COC(=O)CCCCCCCCCCCCCCCCCC(C)C)COP(=O)(O)OC[C@@H](O)COP(=O)(O)OC[C@@H](COC(=O)CCCCCCCCC(C)CC)OC(=O)CCCCCCCCCCCCC(C)C. The van der Waals surface area contributed by atoms with Crippen molar-refractivity contribution in [3.8, 4) is 0 Å². The van der Waals surface area contributed by atoms with E-state index in [0.29, 0.717) is 25.7 Å². The number of esters is 4. The summed E-state index contributed by atoms with van der Waals surface area (Å²) in [6, 6.07) is 0. The van der Waals surface area contributed by atoms with Crippen molar-refractivity contribution in [2.45, 2.75) is 401 Å². The van der Waals surface area contributed by atoms with Gasteiger partial charge < -0.3 is 33.8 Å². The molecule has 0 aliphatic rings. The molecular weight excluding hydrogens is 1250 g/mol. The first-order valence-corrected chi connectivity index (χ1v) is 42.3. The molecule has 0 saturated carbocycles. The molecule has 3 N–H and O–H groups in total. The molecule has 95 heavy (non-hydrogen) atoms. The van der Waals surface area contributed by atoms with Crippen LogP contribution in [0.1, 0.15) is 383 Å². The summed E-state index contributed by atoms with van der Waals surface area (Å²) in [4.78, 5) is 72.8. The minimum Gasteiger partial charge on any atom is -0.462 e. The molecule has 0 saturated heterocycles. The molecule has 0 heterocycles. The van der Waals surface area contributed by atoms with Gasteiger partial charge in [0, 0.05) is 25.7 Å². The number of carbonyl (C=O) groups is 4. The summed E-state index contributed by atoms with van der Waals surface area (Å²) in [6.07, 6.45) is 49.9. The average molecular weight is 1400 g/mol. The zero-order valence-corrected chi connectivity index (χ0v) is 64.1. The number of hydrogen-bond donors (Lipinski definition) is 3. The predicted molar refractivity (Wildman–Crippen MR) is 386 cm³/mol. The van der Waals surface area contributed by atoms with Gasteiger partial charge in [0.25, 0.3) is 0 Å². The molecular formula is C76H148O17P2. The van der Waals surface area contributed by atoms with E-state index in [1.165, 1.54) is 180 Å². The summed E-state index contributed by atoms with van der Waals surface area (Å²) in [6.45, 7) is 14.2. The molecule has 0 fully saturated rings. The van der Waals surface area contributed by atoms with Gasteiger partial charge in [0.15, 0.2) is 12.2 Å². The van der Waals surface area contributed by atoms with Gasteiger partial charge in [0.2, 0.25) is 0 Å². The van der Waals surface area contributed by atoms with Crippen molar-refractivity contribution in [1.82, 2.24) is 0 Å². The van der Waals surface area contributed by atoms with Crippen LogP contribution >= 0.6 is 15.6 Å². The Morgan fingerprint density at radius 1 is 0.295 bits per heavy atom. The smallest absolute Gasteiger partial charge is 0.462 e. The molecule has 0 aliphatic carbocycles. The topological polar surface area (TPSA) is 237 Å². The van der Waals surface area contributed by atoms with Gasteiger partial charge >= 0.3 is 39.5 Å². The van der Waals surface area contributed by atoms with E-state index in [9.17, 15) is 43.2 Å². The first-order valence-electron chi connectivity index (χ1n) is 39.3. The summed E-state index contributed by atoms with van der Waals surface area (Å²) in [5.41, 5.74) is 0. The third-order valence-corrected chi connectivity index (χ3v) is 20.2. The molecule has 17 nitrogen and oxygen atoms in total. The lowest BCUT2D eigenvalue weighted by atomic mass is 9.99. The monoisotopic (exact) mass is 1400 g/mol. The molecule has 19 heteroatoms. The number of carbonyl (C=O) groups excluding carboxylic acids is 4. The zero-order valence-electron chi connectivity index (χ0n) is 62.3. The van der Waals surface area contributed by atoms with Crippen LogP contribution in [0.4, 0.5) is 0 Å². The number of phosphoric ester groups is 2. The summed E-state index contributed by atoms with van der Waals surface area (Å²) in [7, 11) is -9.91. The van der Waals surface area contributed by atoms with Gasteiger partial charge in [-0.05, 0) is 49.4 Å². The lowest BCUT2D eigenvalue weighted by Gasteiger charge is -2.21. The zero-order chi connectivity index (χ0) is 70.3. The highest BCUT2D eigenvalue weighted by molar-refractivity contribution is 7.47. The Bertz CT molecular complexity index is 1870. The van der Waals surface area contributed by atoms with E-state index in [2.05, 4.69) is 55.4 Å². The van der Waals surface area contributed by atoms with E-state index >= 15 is 0 Å². The molecule has 0 rings (SSSR count). The maximum atomic E-state index is 13.1. The molecule has 4 unspecified atom stereocenters. The second kappa shape index (κ2) is 65.4. The highest BCUT2D eigenvalue weighted by Crippen LogP contribution is 2.45. The lowest BCUT2D eigenvalue weighted by Crippen LogP contribution is -2.30. The van der Waals surface area contributed by atoms with Gasteiger partial charge in [-0.25, -0.2) is 9.13 Å². The van der Waals surface area contributed by atoms with Crippen molar-refractivity contribution in [3.05, 3.63) is 0 Å². The van der Waals surface area contributed by atoms with Crippen LogP contribution in [-0.4, -0.2) is 96.7 Å². The number of ether oxygens (including phenoxy) is 4. The van der Waals surface area contributed by atoms with Gasteiger partial charge in [-0.2, -0.15) is 0 Å². The summed E-state index contributed by atoms with van der Waals surface area (Å²) in [5.74, 6) is 0.970. The van der Waals surface area contributed by atoms with Crippen molar-refractivity contribution in [1.29, 1.82) is 0 Å². The van der Waals surface area contributed by atoms with Crippen molar-refractivity contribution in [2.24, 2.45) is 23.7 Å². The molecule has 7 atom stereocenters. The molecule has 0 aromatic heterocycles. The van der Waals surface area contributed by atoms with Crippen LogP contribution < -0.4 is 0 Å². The molecule has 0 bridgehead atoms. The minimum atomic E-state index is -4.96. The largest absolute Gasteiger partial charge is 0.472 e. The molecule has 0 amide bonds. The number of aliphatic hydroxyl groups is 1. The molecule has 0 aromatic carbocycles. The molecule has 0 radical (unpaired) electrons. The fourth-order valence-electron chi connectivity index (χ4n) is 11.5. The number of rotatable bonds is 73. The number of unbranched alkanes of at least 4 members (excludes halogenated alkanes) is 37. The van der Waals surface area contributed by atoms with Crippen LogP contribution in [0.2, 0.25) is 0 Å². The van der Waals surface area contributed by atoms with E-state index in [-0.39, 0.29) is 25.7 Å². The summed E-state index contributed by atoms with van der Waals surface area (Å²) in [5, 5.41) is 10.6. The molecule has 0 spiro atoms. The van der Waals surface area contributed by atoms with E-state index in [1.807, 2.05) is 0 Å². The highest BCUT2D eigenvalue weighted by Gasteiger charge is 2.30.